The van der Waals surface area contributed by atoms with Crippen molar-refractivity contribution in [3.05, 3.63) is 35.4 Å². The summed E-state index contributed by atoms with van der Waals surface area (Å²) in [7, 11) is 0. The van der Waals surface area contributed by atoms with E-state index in [1.165, 1.54) is 18.4 Å². The quantitative estimate of drug-likeness (QED) is 0.785. The van der Waals surface area contributed by atoms with Gasteiger partial charge in [-0.2, -0.15) is 0 Å². The first kappa shape index (κ1) is 10.6. The number of benzene rings is 1. The van der Waals surface area contributed by atoms with Crippen molar-refractivity contribution in [2.75, 3.05) is 13.1 Å². The minimum absolute atomic E-state index is 0.567. The summed E-state index contributed by atoms with van der Waals surface area (Å²) in [5, 5.41) is 3.39. The SMILES string of the molecule is CC(F)c1cccc(C2CCCNC2)c1. The zero-order valence-electron chi connectivity index (χ0n) is 9.17. The van der Waals surface area contributed by atoms with Crippen molar-refractivity contribution >= 4 is 0 Å². The van der Waals surface area contributed by atoms with Gasteiger partial charge in [0.25, 0.3) is 0 Å². The van der Waals surface area contributed by atoms with Crippen molar-refractivity contribution in [3.8, 4) is 0 Å². The molecular weight excluding hydrogens is 189 g/mol. The van der Waals surface area contributed by atoms with Crippen LogP contribution in [0, 0.1) is 0 Å². The predicted molar refractivity (Wildman–Crippen MR) is 60.8 cm³/mol. The smallest absolute Gasteiger partial charge is 0.122 e. The molecule has 1 saturated heterocycles. The third-order valence-corrected chi connectivity index (χ3v) is 3.14. The average Bonchev–Trinajstić information content (AvgIpc) is 2.30. The molecule has 1 aliphatic rings. The summed E-state index contributed by atoms with van der Waals surface area (Å²) in [6.45, 7) is 3.75. The molecule has 2 rings (SSSR count). The molecule has 0 bridgehead atoms. The van der Waals surface area contributed by atoms with Gasteiger partial charge in [-0.1, -0.05) is 24.3 Å². The van der Waals surface area contributed by atoms with Crippen LogP contribution in [-0.2, 0) is 0 Å². The van der Waals surface area contributed by atoms with E-state index in [0.717, 1.165) is 18.7 Å². The van der Waals surface area contributed by atoms with E-state index in [0.29, 0.717) is 5.92 Å². The fraction of sp³-hybridized carbons (Fsp3) is 0.538. The van der Waals surface area contributed by atoms with Crippen molar-refractivity contribution in [3.63, 3.8) is 0 Å². The largest absolute Gasteiger partial charge is 0.316 e. The molecule has 0 radical (unpaired) electrons. The van der Waals surface area contributed by atoms with Crippen molar-refractivity contribution < 1.29 is 4.39 Å². The van der Waals surface area contributed by atoms with Crippen LogP contribution in [0.5, 0.6) is 0 Å². The van der Waals surface area contributed by atoms with Crippen LogP contribution < -0.4 is 5.32 Å². The topological polar surface area (TPSA) is 12.0 Å². The summed E-state index contributed by atoms with van der Waals surface area (Å²) < 4.78 is 13.2. The Balaban J connectivity index is 2.16. The second-order valence-electron chi connectivity index (χ2n) is 4.33. The van der Waals surface area contributed by atoms with E-state index in [1.807, 2.05) is 18.2 Å². The number of halogens is 1. The van der Waals surface area contributed by atoms with Crippen LogP contribution in [0.2, 0.25) is 0 Å². The minimum atomic E-state index is -0.860. The van der Waals surface area contributed by atoms with Gasteiger partial charge in [0, 0.05) is 6.54 Å². The molecule has 1 N–H and O–H groups in total. The van der Waals surface area contributed by atoms with Gasteiger partial charge in [0.2, 0.25) is 0 Å². The summed E-state index contributed by atoms with van der Waals surface area (Å²) in [6.07, 6.45) is 1.58. The first-order valence-corrected chi connectivity index (χ1v) is 5.72. The number of piperidine rings is 1. The Morgan fingerprint density at radius 2 is 2.33 bits per heavy atom. The van der Waals surface area contributed by atoms with Crippen LogP contribution in [0.1, 0.15) is 43.0 Å². The zero-order valence-corrected chi connectivity index (χ0v) is 9.17. The van der Waals surface area contributed by atoms with Crippen LogP contribution in [0.25, 0.3) is 0 Å². The van der Waals surface area contributed by atoms with Crippen molar-refractivity contribution in [2.24, 2.45) is 0 Å². The van der Waals surface area contributed by atoms with Gasteiger partial charge in [-0.05, 0) is 43.4 Å². The maximum Gasteiger partial charge on any atom is 0.122 e. The van der Waals surface area contributed by atoms with Crippen molar-refractivity contribution in [2.45, 2.75) is 31.9 Å². The maximum absolute atomic E-state index is 13.2. The van der Waals surface area contributed by atoms with E-state index in [9.17, 15) is 4.39 Å². The Morgan fingerprint density at radius 3 is 3.00 bits per heavy atom. The molecule has 0 aromatic heterocycles. The average molecular weight is 207 g/mol. The van der Waals surface area contributed by atoms with Crippen LogP contribution in [0.3, 0.4) is 0 Å². The lowest BCUT2D eigenvalue weighted by molar-refractivity contribution is 0.373. The number of nitrogens with one attached hydrogen (secondary N) is 1. The Morgan fingerprint density at radius 1 is 1.47 bits per heavy atom. The van der Waals surface area contributed by atoms with E-state index >= 15 is 0 Å². The van der Waals surface area contributed by atoms with Gasteiger partial charge in [-0.3, -0.25) is 0 Å². The summed E-state index contributed by atoms with van der Waals surface area (Å²) in [6, 6.07) is 7.96. The van der Waals surface area contributed by atoms with Crippen LogP contribution in [0.15, 0.2) is 24.3 Å². The van der Waals surface area contributed by atoms with Gasteiger partial charge in [0.15, 0.2) is 0 Å². The second-order valence-corrected chi connectivity index (χ2v) is 4.33. The summed E-state index contributed by atoms with van der Waals surface area (Å²) in [5.74, 6) is 0.567. The van der Waals surface area contributed by atoms with Crippen molar-refractivity contribution in [1.82, 2.24) is 5.32 Å². The molecular formula is C13H18FN. The standard InChI is InChI=1S/C13H18FN/c1-10(14)11-4-2-5-12(8-11)13-6-3-7-15-9-13/h2,4-5,8,10,13,15H,3,6-7,9H2,1H3. The number of alkyl halides is 1. The molecule has 2 atom stereocenters. The Labute approximate surface area is 90.7 Å². The summed E-state index contributed by atoms with van der Waals surface area (Å²) >= 11 is 0. The minimum Gasteiger partial charge on any atom is -0.316 e. The molecule has 0 saturated carbocycles. The molecule has 82 valence electrons. The highest BCUT2D eigenvalue weighted by Gasteiger charge is 2.15. The normalized spacial score (nSPS) is 23.7. The monoisotopic (exact) mass is 207 g/mol. The van der Waals surface area contributed by atoms with Gasteiger partial charge in [0.1, 0.15) is 6.17 Å². The number of hydrogen-bond donors (Lipinski definition) is 1. The van der Waals surface area contributed by atoms with Gasteiger partial charge in [0.05, 0.1) is 0 Å². The highest BCUT2D eigenvalue weighted by atomic mass is 19.1. The van der Waals surface area contributed by atoms with Crippen LogP contribution in [0.4, 0.5) is 4.39 Å². The first-order chi connectivity index (χ1) is 7.27. The molecule has 2 heteroatoms. The second kappa shape index (κ2) is 4.75. The Hall–Kier alpha value is -0.890. The van der Waals surface area contributed by atoms with Crippen LogP contribution in [-0.4, -0.2) is 13.1 Å². The molecule has 1 aromatic rings. The van der Waals surface area contributed by atoms with E-state index in [2.05, 4.69) is 11.4 Å². The van der Waals surface area contributed by atoms with E-state index in [-0.39, 0.29) is 0 Å². The van der Waals surface area contributed by atoms with Gasteiger partial charge < -0.3 is 5.32 Å². The third-order valence-electron chi connectivity index (χ3n) is 3.14. The summed E-state index contributed by atoms with van der Waals surface area (Å²) in [5.41, 5.74) is 2.09. The molecule has 1 aliphatic heterocycles. The van der Waals surface area contributed by atoms with Crippen molar-refractivity contribution in [1.29, 1.82) is 0 Å². The fourth-order valence-corrected chi connectivity index (χ4v) is 2.20. The lowest BCUT2D eigenvalue weighted by atomic mass is 9.90. The molecule has 1 aromatic carbocycles. The lowest BCUT2D eigenvalue weighted by Crippen LogP contribution is -2.28. The number of hydrogen-bond acceptors (Lipinski definition) is 1. The molecule has 0 aliphatic carbocycles. The molecule has 0 spiro atoms. The van der Waals surface area contributed by atoms with E-state index in [1.54, 1.807) is 6.92 Å². The lowest BCUT2D eigenvalue weighted by Gasteiger charge is -2.23. The molecule has 1 nitrogen and oxygen atoms in total. The number of rotatable bonds is 2. The maximum atomic E-state index is 13.2. The fourth-order valence-electron chi connectivity index (χ4n) is 2.20. The molecule has 15 heavy (non-hydrogen) atoms. The van der Waals surface area contributed by atoms with Gasteiger partial charge >= 0.3 is 0 Å². The molecule has 0 amide bonds. The van der Waals surface area contributed by atoms with E-state index < -0.39 is 6.17 Å². The Bertz CT molecular complexity index is 316. The third kappa shape index (κ3) is 2.57. The zero-order chi connectivity index (χ0) is 10.7. The molecule has 2 unspecified atom stereocenters. The van der Waals surface area contributed by atoms with Gasteiger partial charge in [-0.25, -0.2) is 4.39 Å². The Kier molecular flexibility index (Phi) is 3.37. The first-order valence-electron chi connectivity index (χ1n) is 5.72. The highest BCUT2D eigenvalue weighted by Crippen LogP contribution is 2.26. The predicted octanol–water partition coefficient (Wildman–Crippen LogP) is 3.18. The van der Waals surface area contributed by atoms with Crippen LogP contribution >= 0.6 is 0 Å². The molecule has 1 heterocycles. The van der Waals surface area contributed by atoms with E-state index in [4.69, 9.17) is 0 Å². The summed E-state index contributed by atoms with van der Waals surface area (Å²) in [4.78, 5) is 0. The van der Waals surface area contributed by atoms with Gasteiger partial charge in [-0.15, -0.1) is 0 Å². The highest BCUT2D eigenvalue weighted by molar-refractivity contribution is 5.28. The molecule has 1 fully saturated rings.